The van der Waals surface area contributed by atoms with E-state index in [0.29, 0.717) is 36.2 Å². The van der Waals surface area contributed by atoms with Gasteiger partial charge in [-0.1, -0.05) is 49.7 Å². The molecule has 1 fully saturated rings. The van der Waals surface area contributed by atoms with Crippen LogP contribution in [0.15, 0.2) is 42.5 Å². The van der Waals surface area contributed by atoms with Crippen molar-refractivity contribution in [3.05, 3.63) is 64.2 Å². The summed E-state index contributed by atoms with van der Waals surface area (Å²) in [6.45, 7) is 10.6. The molecule has 33 heavy (non-hydrogen) atoms. The first kappa shape index (κ1) is 25.1. The molecule has 0 unspecified atom stereocenters. The van der Waals surface area contributed by atoms with Crippen molar-refractivity contribution in [2.75, 3.05) is 19.6 Å². The quantitative estimate of drug-likeness (QED) is 0.608. The van der Waals surface area contributed by atoms with Gasteiger partial charge in [-0.05, 0) is 49.1 Å². The van der Waals surface area contributed by atoms with Crippen LogP contribution in [-0.2, 0) is 22.6 Å². The lowest BCUT2D eigenvalue weighted by Crippen LogP contribution is -2.54. The summed E-state index contributed by atoms with van der Waals surface area (Å²) in [4.78, 5) is 28.4. The summed E-state index contributed by atoms with van der Waals surface area (Å²) in [5.74, 6) is 0.114. The number of aliphatic carboxylic acids is 1. The Morgan fingerprint density at radius 2 is 1.82 bits per heavy atom. The number of carboxylic acid groups (broad SMARTS) is 1. The van der Waals surface area contributed by atoms with E-state index in [-0.39, 0.29) is 11.9 Å². The number of carbonyl (C=O) groups is 2. The van der Waals surface area contributed by atoms with Gasteiger partial charge in [0.15, 0.2) is 6.10 Å². The second kappa shape index (κ2) is 11.0. The van der Waals surface area contributed by atoms with Gasteiger partial charge in [-0.2, -0.15) is 0 Å². The normalized spacial score (nSPS) is 17.8. The van der Waals surface area contributed by atoms with E-state index in [1.807, 2.05) is 23.1 Å². The summed E-state index contributed by atoms with van der Waals surface area (Å²) in [6.07, 6.45) is -0.546. The van der Waals surface area contributed by atoms with Crippen LogP contribution in [0.5, 0.6) is 5.75 Å². The van der Waals surface area contributed by atoms with Crippen LogP contribution in [-0.4, -0.2) is 58.6 Å². The minimum Gasteiger partial charge on any atom is -0.479 e. The number of ether oxygens (including phenoxy) is 1. The molecule has 1 amide bonds. The minimum absolute atomic E-state index is 0.0719. The average molecular weight is 473 g/mol. The Morgan fingerprint density at radius 1 is 1.12 bits per heavy atom. The zero-order chi connectivity index (χ0) is 24.1. The number of carbonyl (C=O) groups excluding carboxylic acids is 1. The molecular weight excluding hydrogens is 440 g/mol. The van der Waals surface area contributed by atoms with Crippen LogP contribution in [0.4, 0.5) is 0 Å². The average Bonchev–Trinajstić information content (AvgIpc) is 2.75. The number of hydrogen-bond acceptors (Lipinski definition) is 4. The van der Waals surface area contributed by atoms with Crippen molar-refractivity contribution in [2.24, 2.45) is 0 Å². The molecule has 2 atom stereocenters. The van der Waals surface area contributed by atoms with Crippen LogP contribution in [0, 0.1) is 0 Å². The van der Waals surface area contributed by atoms with Crippen molar-refractivity contribution in [2.45, 2.75) is 58.7 Å². The lowest BCUT2D eigenvalue weighted by molar-refractivity contribution is -0.144. The number of benzene rings is 2. The highest BCUT2D eigenvalue weighted by Crippen LogP contribution is 2.26. The van der Waals surface area contributed by atoms with E-state index < -0.39 is 12.1 Å². The molecule has 0 spiro atoms. The van der Waals surface area contributed by atoms with Gasteiger partial charge in [0.25, 0.3) is 0 Å². The Balaban J connectivity index is 1.60. The van der Waals surface area contributed by atoms with Gasteiger partial charge in [0.2, 0.25) is 5.91 Å². The predicted molar refractivity (Wildman–Crippen MR) is 130 cm³/mol. The molecule has 178 valence electrons. The maximum atomic E-state index is 13.0. The highest BCUT2D eigenvalue weighted by molar-refractivity contribution is 6.30. The molecule has 2 aromatic carbocycles. The third-order valence-electron chi connectivity index (χ3n) is 6.10. The van der Waals surface area contributed by atoms with E-state index in [2.05, 4.69) is 37.8 Å². The van der Waals surface area contributed by atoms with Crippen LogP contribution < -0.4 is 4.74 Å². The van der Waals surface area contributed by atoms with Crippen LogP contribution >= 0.6 is 11.6 Å². The number of hydrogen-bond donors (Lipinski definition) is 1. The maximum Gasteiger partial charge on any atom is 0.344 e. The highest BCUT2D eigenvalue weighted by atomic mass is 35.5. The Kier molecular flexibility index (Phi) is 8.38. The second-order valence-electron chi connectivity index (χ2n) is 9.09. The lowest BCUT2D eigenvalue weighted by Gasteiger charge is -2.40. The van der Waals surface area contributed by atoms with Crippen molar-refractivity contribution in [3.63, 3.8) is 0 Å². The predicted octanol–water partition coefficient (Wildman–Crippen LogP) is 4.59. The fourth-order valence-corrected chi connectivity index (χ4v) is 4.31. The topological polar surface area (TPSA) is 70.1 Å². The maximum absolute atomic E-state index is 13.0. The van der Waals surface area contributed by atoms with Gasteiger partial charge >= 0.3 is 5.97 Å². The summed E-state index contributed by atoms with van der Waals surface area (Å²) in [7, 11) is 0. The number of amides is 1. The molecule has 0 aromatic heterocycles. The van der Waals surface area contributed by atoms with Crippen molar-refractivity contribution in [1.29, 1.82) is 0 Å². The first-order chi connectivity index (χ1) is 15.6. The molecule has 1 aliphatic rings. The molecule has 0 radical (unpaired) electrons. The van der Waals surface area contributed by atoms with Crippen LogP contribution in [0.2, 0.25) is 5.02 Å². The zero-order valence-corrected chi connectivity index (χ0v) is 20.5. The Labute approximate surface area is 201 Å². The first-order valence-corrected chi connectivity index (χ1v) is 11.8. The molecule has 0 aliphatic carbocycles. The molecule has 1 N–H and O–H groups in total. The van der Waals surface area contributed by atoms with Gasteiger partial charge in [-0.3, -0.25) is 9.69 Å². The van der Waals surface area contributed by atoms with Gasteiger partial charge in [-0.25, -0.2) is 4.79 Å². The van der Waals surface area contributed by atoms with E-state index in [0.717, 1.165) is 24.2 Å². The molecule has 0 saturated carbocycles. The third-order valence-corrected chi connectivity index (χ3v) is 6.34. The Morgan fingerprint density at radius 3 is 2.42 bits per heavy atom. The zero-order valence-electron chi connectivity index (χ0n) is 19.8. The number of nitrogens with zero attached hydrogens (tertiary/aromatic N) is 2. The van der Waals surface area contributed by atoms with E-state index in [1.54, 1.807) is 12.1 Å². The van der Waals surface area contributed by atoms with Gasteiger partial charge in [0.05, 0.1) is 6.42 Å². The van der Waals surface area contributed by atoms with Gasteiger partial charge < -0.3 is 14.7 Å². The minimum atomic E-state index is -1.02. The summed E-state index contributed by atoms with van der Waals surface area (Å²) < 4.78 is 5.63. The summed E-state index contributed by atoms with van der Waals surface area (Å²) >= 11 is 6.19. The number of piperazine rings is 1. The standard InChI is InChI=1S/C26H33ClN2O4/c1-17(2)21-7-5-20(6-8-21)13-25(30)29-12-11-28(15-18(29)3)16-22-14-23(27)9-10-24(22)33-19(4)26(31)32/h5-10,14,17-19H,11-13,15-16H2,1-4H3,(H,31,32)/t18-,19-/m0/s1. The summed E-state index contributed by atoms with van der Waals surface area (Å²) in [5, 5.41) is 9.75. The van der Waals surface area contributed by atoms with Crippen molar-refractivity contribution in [3.8, 4) is 5.75 Å². The van der Waals surface area contributed by atoms with Crippen molar-refractivity contribution >= 4 is 23.5 Å². The Bertz CT molecular complexity index is 977. The third kappa shape index (κ3) is 6.71. The van der Waals surface area contributed by atoms with Crippen LogP contribution in [0.25, 0.3) is 0 Å². The number of carboxylic acids is 1. The monoisotopic (exact) mass is 472 g/mol. The fourth-order valence-electron chi connectivity index (χ4n) is 4.11. The largest absolute Gasteiger partial charge is 0.479 e. The molecule has 2 aromatic rings. The fraction of sp³-hybridized carbons (Fsp3) is 0.462. The highest BCUT2D eigenvalue weighted by Gasteiger charge is 2.28. The van der Waals surface area contributed by atoms with Gasteiger partial charge in [0, 0.05) is 42.8 Å². The molecule has 7 heteroatoms. The molecule has 3 rings (SSSR count). The first-order valence-electron chi connectivity index (χ1n) is 11.4. The molecule has 6 nitrogen and oxygen atoms in total. The summed E-state index contributed by atoms with van der Waals surface area (Å²) in [6, 6.07) is 13.6. The van der Waals surface area contributed by atoms with Gasteiger partial charge in [0.1, 0.15) is 5.75 Å². The molecular formula is C26H33ClN2O4. The van der Waals surface area contributed by atoms with Crippen molar-refractivity contribution in [1.82, 2.24) is 9.80 Å². The smallest absolute Gasteiger partial charge is 0.344 e. The van der Waals surface area contributed by atoms with Crippen LogP contribution in [0.3, 0.4) is 0 Å². The van der Waals surface area contributed by atoms with Gasteiger partial charge in [-0.15, -0.1) is 0 Å². The Hall–Kier alpha value is -2.57. The number of halogens is 1. The molecule has 1 heterocycles. The van der Waals surface area contributed by atoms with Crippen molar-refractivity contribution < 1.29 is 19.4 Å². The molecule has 1 aliphatic heterocycles. The molecule has 0 bridgehead atoms. The number of rotatable bonds is 8. The van der Waals surface area contributed by atoms with E-state index in [4.69, 9.17) is 16.3 Å². The second-order valence-corrected chi connectivity index (χ2v) is 9.53. The lowest BCUT2D eigenvalue weighted by atomic mass is 10.0. The SMILES string of the molecule is CC(C)c1ccc(CC(=O)N2CCN(Cc3cc(Cl)ccc3O[C@@H](C)C(=O)O)C[C@@H]2C)cc1. The van der Waals surface area contributed by atoms with Crippen LogP contribution in [0.1, 0.15) is 50.3 Å². The molecule has 1 saturated heterocycles. The van der Waals surface area contributed by atoms with E-state index >= 15 is 0 Å². The summed E-state index contributed by atoms with van der Waals surface area (Å²) in [5.41, 5.74) is 3.15. The van der Waals surface area contributed by atoms with E-state index in [1.165, 1.54) is 12.5 Å². The van der Waals surface area contributed by atoms with E-state index in [9.17, 15) is 14.7 Å².